The summed E-state index contributed by atoms with van der Waals surface area (Å²) in [7, 11) is 1.62. The molecule has 2 heterocycles. The monoisotopic (exact) mass is 359 g/mol. The number of amides is 1. The van der Waals surface area contributed by atoms with Crippen molar-refractivity contribution in [3.8, 4) is 0 Å². The van der Waals surface area contributed by atoms with Crippen LogP contribution in [-0.4, -0.2) is 35.9 Å². The lowest BCUT2D eigenvalue weighted by Gasteiger charge is -2.15. The highest BCUT2D eigenvalue weighted by Crippen LogP contribution is 2.32. The van der Waals surface area contributed by atoms with Crippen molar-refractivity contribution in [3.05, 3.63) is 40.3 Å². The smallest absolute Gasteiger partial charge is 0.276 e. The summed E-state index contributed by atoms with van der Waals surface area (Å²) in [5, 5.41) is 8.78. The molecule has 0 aliphatic rings. The van der Waals surface area contributed by atoms with Gasteiger partial charge >= 0.3 is 0 Å². The van der Waals surface area contributed by atoms with Crippen molar-refractivity contribution < 1.29 is 9.53 Å². The zero-order valence-electron chi connectivity index (χ0n) is 14.5. The lowest BCUT2D eigenvalue weighted by Crippen LogP contribution is -2.38. The van der Waals surface area contributed by atoms with Crippen molar-refractivity contribution in [2.75, 3.05) is 20.3 Å². The van der Waals surface area contributed by atoms with E-state index in [0.717, 1.165) is 26.9 Å². The third-order valence-corrected chi connectivity index (χ3v) is 5.45. The molecule has 1 aromatic carbocycles. The molecule has 0 spiro atoms. The Labute approximate surface area is 149 Å². The van der Waals surface area contributed by atoms with Gasteiger partial charge in [-0.25, -0.2) is 4.68 Å². The molecule has 25 heavy (non-hydrogen) atoms. The van der Waals surface area contributed by atoms with Crippen LogP contribution in [0.15, 0.2) is 29.1 Å². The van der Waals surface area contributed by atoms with Crippen molar-refractivity contribution >= 4 is 37.4 Å². The Morgan fingerprint density at radius 2 is 2.16 bits per heavy atom. The molecule has 2 aromatic heterocycles. The Hall–Kier alpha value is -2.25. The molecule has 0 aliphatic carbocycles. The Balaban J connectivity index is 1.99. The molecule has 0 unspecified atom stereocenters. The fraction of sp³-hybridized carbons (Fsp3) is 0.389. The van der Waals surface area contributed by atoms with Gasteiger partial charge in [-0.2, -0.15) is 5.10 Å². The van der Waals surface area contributed by atoms with Crippen LogP contribution in [0.2, 0.25) is 0 Å². The number of benzene rings is 1. The van der Waals surface area contributed by atoms with Crippen LogP contribution in [0.1, 0.15) is 25.1 Å². The number of ether oxygens (including phenoxy) is 1. The van der Waals surface area contributed by atoms with E-state index >= 15 is 0 Å². The Morgan fingerprint density at radius 1 is 1.40 bits per heavy atom. The van der Waals surface area contributed by atoms with Crippen LogP contribution in [0.5, 0.6) is 0 Å². The maximum atomic E-state index is 13.0. The van der Waals surface area contributed by atoms with Crippen molar-refractivity contribution in [2.45, 2.75) is 26.3 Å². The molecule has 7 heteroatoms. The summed E-state index contributed by atoms with van der Waals surface area (Å²) < 4.78 is 8.19. The van der Waals surface area contributed by atoms with Crippen LogP contribution < -0.4 is 10.9 Å². The van der Waals surface area contributed by atoms with Gasteiger partial charge in [0.1, 0.15) is 6.04 Å². The molecule has 1 N–H and O–H groups in total. The molecular weight excluding hydrogens is 338 g/mol. The molecule has 6 nitrogen and oxygen atoms in total. The topological polar surface area (TPSA) is 73.2 Å². The fourth-order valence-electron chi connectivity index (χ4n) is 2.83. The predicted molar refractivity (Wildman–Crippen MR) is 100 cm³/mol. The first-order valence-corrected chi connectivity index (χ1v) is 9.03. The van der Waals surface area contributed by atoms with Gasteiger partial charge in [0.15, 0.2) is 0 Å². The molecule has 0 saturated heterocycles. The third kappa shape index (κ3) is 3.29. The molecule has 0 saturated carbocycles. The number of carbonyl (C=O) groups is 1. The van der Waals surface area contributed by atoms with Gasteiger partial charge < -0.3 is 10.1 Å². The number of aromatic nitrogens is 2. The van der Waals surface area contributed by atoms with Crippen molar-refractivity contribution in [1.29, 1.82) is 0 Å². The molecule has 1 atom stereocenters. The average Bonchev–Trinajstić information content (AvgIpc) is 3.01. The number of methoxy groups -OCH3 is 1. The zero-order chi connectivity index (χ0) is 18.0. The van der Waals surface area contributed by atoms with Crippen molar-refractivity contribution in [2.24, 2.45) is 0 Å². The number of aryl methyl sites for hydroxylation is 1. The quantitative estimate of drug-likeness (QED) is 0.687. The molecule has 0 radical (unpaired) electrons. The molecule has 0 fully saturated rings. The van der Waals surface area contributed by atoms with E-state index in [4.69, 9.17) is 4.74 Å². The second-order valence-corrected chi connectivity index (χ2v) is 7.00. The van der Waals surface area contributed by atoms with Crippen molar-refractivity contribution in [1.82, 2.24) is 15.1 Å². The highest BCUT2D eigenvalue weighted by atomic mass is 32.1. The van der Waals surface area contributed by atoms with E-state index in [1.54, 1.807) is 25.4 Å². The van der Waals surface area contributed by atoms with Crippen molar-refractivity contribution in [3.63, 3.8) is 0 Å². The van der Waals surface area contributed by atoms with E-state index in [9.17, 15) is 9.59 Å². The summed E-state index contributed by atoms with van der Waals surface area (Å²) in [6, 6.07) is 7.13. The SMILES string of the molecule is COCCCNC(=O)[C@H](C)n1nc(C)c2sc3ccccc3c2c1=O. The predicted octanol–water partition coefficient (Wildman–Crippen LogP) is 2.63. The molecule has 132 valence electrons. The second kappa shape index (κ2) is 7.33. The molecule has 3 aromatic rings. The normalized spacial score (nSPS) is 12.6. The second-order valence-electron chi connectivity index (χ2n) is 5.95. The first kappa shape index (κ1) is 17.6. The first-order chi connectivity index (χ1) is 12.0. The largest absolute Gasteiger partial charge is 0.385 e. The van der Waals surface area contributed by atoms with Crippen LogP contribution in [-0.2, 0) is 9.53 Å². The highest BCUT2D eigenvalue weighted by Gasteiger charge is 2.21. The zero-order valence-corrected chi connectivity index (χ0v) is 15.4. The van der Waals surface area contributed by atoms with E-state index in [2.05, 4.69) is 10.4 Å². The van der Waals surface area contributed by atoms with Gasteiger partial charge in [-0.05, 0) is 26.3 Å². The standard InChI is InChI=1S/C18H21N3O3S/c1-11-16-15(13-7-4-5-8-14(13)25-16)18(23)21(20-11)12(2)17(22)19-9-6-10-24-3/h4-5,7-8,12H,6,9-10H2,1-3H3,(H,19,22)/t12-/m0/s1. The van der Waals surface area contributed by atoms with Gasteiger partial charge in [0.05, 0.1) is 15.8 Å². The molecular formula is C18H21N3O3S. The first-order valence-electron chi connectivity index (χ1n) is 8.22. The summed E-state index contributed by atoms with van der Waals surface area (Å²) in [6.07, 6.45) is 0.727. The number of fused-ring (bicyclic) bond motifs is 3. The van der Waals surface area contributed by atoms with E-state index < -0.39 is 6.04 Å². The van der Waals surface area contributed by atoms with E-state index in [1.807, 2.05) is 31.2 Å². The maximum absolute atomic E-state index is 13.0. The van der Waals surface area contributed by atoms with Gasteiger partial charge in [0, 0.05) is 30.3 Å². The van der Waals surface area contributed by atoms with E-state index in [1.165, 1.54) is 4.68 Å². The van der Waals surface area contributed by atoms with Gasteiger partial charge in [0.25, 0.3) is 5.56 Å². The number of carbonyl (C=O) groups excluding carboxylic acids is 1. The minimum atomic E-state index is -0.670. The van der Waals surface area contributed by atoms with Crippen LogP contribution in [0, 0.1) is 6.92 Å². The van der Waals surface area contributed by atoms with Gasteiger partial charge in [-0.3, -0.25) is 9.59 Å². The summed E-state index contributed by atoms with van der Waals surface area (Å²) in [5.41, 5.74) is 0.535. The molecule has 0 bridgehead atoms. The van der Waals surface area contributed by atoms with Gasteiger partial charge in [-0.1, -0.05) is 18.2 Å². The third-order valence-electron chi connectivity index (χ3n) is 4.17. The lowest BCUT2D eigenvalue weighted by molar-refractivity contribution is -0.124. The summed E-state index contributed by atoms with van der Waals surface area (Å²) in [4.78, 5) is 25.3. The molecule has 0 aliphatic heterocycles. The number of thiophene rings is 1. The minimum Gasteiger partial charge on any atom is -0.385 e. The number of rotatable bonds is 6. The van der Waals surface area contributed by atoms with Crippen LogP contribution in [0.25, 0.3) is 20.2 Å². The number of hydrogen-bond acceptors (Lipinski definition) is 5. The minimum absolute atomic E-state index is 0.219. The van der Waals surface area contributed by atoms with Crippen LogP contribution in [0.3, 0.4) is 0 Å². The number of hydrogen-bond donors (Lipinski definition) is 1. The average molecular weight is 359 g/mol. The summed E-state index contributed by atoms with van der Waals surface area (Å²) in [6.45, 7) is 4.66. The van der Waals surface area contributed by atoms with Crippen LogP contribution >= 0.6 is 11.3 Å². The summed E-state index contributed by atoms with van der Waals surface area (Å²) >= 11 is 1.56. The van der Waals surface area contributed by atoms with Gasteiger partial charge in [-0.15, -0.1) is 11.3 Å². The number of nitrogens with zero attached hydrogens (tertiary/aromatic N) is 2. The number of nitrogens with one attached hydrogen (secondary N) is 1. The Kier molecular flexibility index (Phi) is 5.15. The summed E-state index contributed by atoms with van der Waals surface area (Å²) in [5.74, 6) is -0.219. The highest BCUT2D eigenvalue weighted by molar-refractivity contribution is 7.26. The Morgan fingerprint density at radius 3 is 2.92 bits per heavy atom. The van der Waals surface area contributed by atoms with Gasteiger partial charge in [0.2, 0.25) is 5.91 Å². The lowest BCUT2D eigenvalue weighted by atomic mass is 10.2. The maximum Gasteiger partial charge on any atom is 0.276 e. The molecule has 1 amide bonds. The fourth-order valence-corrected chi connectivity index (χ4v) is 3.96. The molecule has 3 rings (SSSR count). The van der Waals surface area contributed by atoms with E-state index in [-0.39, 0.29) is 11.5 Å². The van der Waals surface area contributed by atoms with E-state index in [0.29, 0.717) is 18.5 Å². The van der Waals surface area contributed by atoms with Crippen LogP contribution in [0.4, 0.5) is 0 Å². The Bertz CT molecular complexity index is 977.